The summed E-state index contributed by atoms with van der Waals surface area (Å²) in [5, 5.41) is 2.82. The van der Waals surface area contributed by atoms with Crippen molar-refractivity contribution in [3.63, 3.8) is 0 Å². The third-order valence-corrected chi connectivity index (χ3v) is 7.33. The first-order chi connectivity index (χ1) is 11.3. The quantitative estimate of drug-likeness (QED) is 0.923. The Morgan fingerprint density at radius 1 is 1.00 bits per heavy atom. The van der Waals surface area contributed by atoms with Gasteiger partial charge in [0.05, 0.1) is 4.90 Å². The molecule has 0 aliphatic heterocycles. The van der Waals surface area contributed by atoms with Gasteiger partial charge in [0, 0.05) is 5.69 Å². The number of aryl methyl sites for hydroxylation is 2. The van der Waals surface area contributed by atoms with E-state index in [1.165, 1.54) is 0 Å². The molecule has 1 aliphatic carbocycles. The van der Waals surface area contributed by atoms with Crippen LogP contribution in [0.4, 0.5) is 5.69 Å². The van der Waals surface area contributed by atoms with Crippen LogP contribution in [0.1, 0.15) is 29.5 Å². The van der Waals surface area contributed by atoms with Gasteiger partial charge in [0.25, 0.3) is 0 Å². The zero-order valence-electron chi connectivity index (χ0n) is 14.1. The Kier molecular flexibility index (Phi) is 4.00. The minimum absolute atomic E-state index is 0.210. The number of amides is 1. The highest BCUT2D eigenvalue weighted by Gasteiger charge is 2.61. The van der Waals surface area contributed by atoms with Crippen LogP contribution in [0.3, 0.4) is 0 Å². The number of anilines is 1. The fraction of sp³-hybridized carbons (Fsp3) is 0.316. The molecule has 1 N–H and O–H groups in total. The first-order valence-electron chi connectivity index (χ1n) is 7.97. The maximum atomic E-state index is 13.0. The van der Waals surface area contributed by atoms with Crippen LogP contribution in [0.2, 0.25) is 0 Å². The molecule has 1 saturated carbocycles. The van der Waals surface area contributed by atoms with Gasteiger partial charge < -0.3 is 5.32 Å². The lowest BCUT2D eigenvalue weighted by molar-refractivity contribution is -0.116. The molecule has 0 bridgehead atoms. The fourth-order valence-corrected chi connectivity index (χ4v) is 4.68. The van der Waals surface area contributed by atoms with Crippen LogP contribution >= 0.6 is 0 Å². The average Bonchev–Trinajstić information content (AvgIpc) is 3.34. The first-order valence-corrected chi connectivity index (χ1v) is 9.45. The molecule has 3 rings (SSSR count). The predicted molar refractivity (Wildman–Crippen MR) is 94.9 cm³/mol. The number of sulfone groups is 1. The molecule has 0 aromatic heterocycles. The number of carbonyl (C=O) groups is 1. The average molecular weight is 343 g/mol. The molecule has 1 aliphatic rings. The van der Waals surface area contributed by atoms with Crippen molar-refractivity contribution in [3.05, 3.63) is 59.2 Å². The van der Waals surface area contributed by atoms with E-state index < -0.39 is 20.5 Å². The van der Waals surface area contributed by atoms with Gasteiger partial charge in [-0.25, -0.2) is 8.42 Å². The zero-order chi connectivity index (χ0) is 17.5. The third kappa shape index (κ3) is 2.63. The van der Waals surface area contributed by atoms with Crippen LogP contribution in [0.15, 0.2) is 47.4 Å². The molecule has 4 nitrogen and oxygen atoms in total. The third-order valence-electron chi connectivity index (χ3n) is 4.82. The smallest absolute Gasteiger partial charge is 0.246 e. The standard InChI is InChI=1S/C19H21NO3S/c1-13-7-9-16(10-8-13)24(22,23)19(11-12-19)18(21)20-17-6-4-5-14(2)15(17)3/h4-10H,11-12H2,1-3H3,(H,20,21). The Hall–Kier alpha value is -2.14. The molecule has 0 unspecified atom stereocenters. The molecule has 0 heterocycles. The summed E-state index contributed by atoms with van der Waals surface area (Å²) >= 11 is 0. The van der Waals surface area contributed by atoms with E-state index in [-0.39, 0.29) is 4.90 Å². The zero-order valence-corrected chi connectivity index (χ0v) is 14.9. The van der Waals surface area contributed by atoms with Crippen LogP contribution < -0.4 is 5.32 Å². The van der Waals surface area contributed by atoms with Gasteiger partial charge in [-0.2, -0.15) is 0 Å². The number of carbonyl (C=O) groups excluding carboxylic acids is 1. The summed E-state index contributed by atoms with van der Waals surface area (Å²) in [7, 11) is -3.70. The van der Waals surface area contributed by atoms with Crippen molar-refractivity contribution in [2.24, 2.45) is 0 Å². The SMILES string of the molecule is Cc1ccc(S(=O)(=O)C2(C(=O)Nc3cccc(C)c3C)CC2)cc1. The number of rotatable bonds is 4. The van der Waals surface area contributed by atoms with E-state index in [2.05, 4.69) is 5.32 Å². The van der Waals surface area contributed by atoms with Gasteiger partial charge in [-0.3, -0.25) is 4.79 Å². The van der Waals surface area contributed by atoms with E-state index in [0.717, 1.165) is 16.7 Å². The van der Waals surface area contributed by atoms with Gasteiger partial charge in [0.15, 0.2) is 14.6 Å². The minimum Gasteiger partial charge on any atom is -0.324 e. The van der Waals surface area contributed by atoms with Gasteiger partial charge in [-0.15, -0.1) is 0 Å². The Labute approximate surface area is 142 Å². The van der Waals surface area contributed by atoms with E-state index in [4.69, 9.17) is 0 Å². The van der Waals surface area contributed by atoms with Crippen LogP contribution in [0, 0.1) is 20.8 Å². The van der Waals surface area contributed by atoms with Gasteiger partial charge in [0.1, 0.15) is 0 Å². The fourth-order valence-electron chi connectivity index (χ4n) is 2.80. The van der Waals surface area contributed by atoms with Gasteiger partial charge in [-0.05, 0) is 62.9 Å². The van der Waals surface area contributed by atoms with E-state index in [9.17, 15) is 13.2 Å². The van der Waals surface area contributed by atoms with Crippen molar-refractivity contribution in [2.45, 2.75) is 43.3 Å². The second-order valence-electron chi connectivity index (χ2n) is 6.51. The summed E-state index contributed by atoms with van der Waals surface area (Å²) in [6, 6.07) is 12.3. The second-order valence-corrected chi connectivity index (χ2v) is 8.77. The van der Waals surface area contributed by atoms with Crippen molar-refractivity contribution in [1.29, 1.82) is 0 Å². The van der Waals surface area contributed by atoms with Crippen LogP contribution in [0.25, 0.3) is 0 Å². The molecule has 126 valence electrons. The van der Waals surface area contributed by atoms with E-state index in [1.807, 2.05) is 32.9 Å². The van der Waals surface area contributed by atoms with Crippen molar-refractivity contribution in [3.8, 4) is 0 Å². The molecule has 0 atom stereocenters. The summed E-state index contributed by atoms with van der Waals surface area (Å²) < 4.78 is 24.6. The molecule has 1 fully saturated rings. The number of hydrogen-bond donors (Lipinski definition) is 1. The van der Waals surface area contributed by atoms with Crippen molar-refractivity contribution >= 4 is 21.4 Å². The monoisotopic (exact) mass is 343 g/mol. The Morgan fingerprint density at radius 3 is 2.21 bits per heavy atom. The lowest BCUT2D eigenvalue weighted by Crippen LogP contribution is -2.37. The Balaban J connectivity index is 1.91. The normalized spacial score (nSPS) is 15.8. The number of hydrogen-bond acceptors (Lipinski definition) is 3. The largest absolute Gasteiger partial charge is 0.324 e. The van der Waals surface area contributed by atoms with Gasteiger partial charge in [-0.1, -0.05) is 29.8 Å². The summed E-state index contributed by atoms with van der Waals surface area (Å²) in [5.41, 5.74) is 3.66. The molecule has 2 aromatic rings. The summed E-state index contributed by atoms with van der Waals surface area (Å²) in [4.78, 5) is 13.0. The van der Waals surface area contributed by atoms with Crippen LogP contribution in [-0.4, -0.2) is 19.1 Å². The highest BCUT2D eigenvalue weighted by atomic mass is 32.2. The highest BCUT2D eigenvalue weighted by Crippen LogP contribution is 2.47. The molecule has 2 aromatic carbocycles. The molecule has 5 heteroatoms. The number of benzene rings is 2. The predicted octanol–water partition coefficient (Wildman–Crippen LogP) is 3.56. The number of nitrogens with one attached hydrogen (secondary N) is 1. The van der Waals surface area contributed by atoms with E-state index in [0.29, 0.717) is 18.5 Å². The molecular formula is C19H21NO3S. The molecule has 24 heavy (non-hydrogen) atoms. The first kappa shape index (κ1) is 16.7. The van der Waals surface area contributed by atoms with Crippen molar-refractivity contribution < 1.29 is 13.2 Å². The molecule has 0 saturated heterocycles. The maximum absolute atomic E-state index is 13.0. The lowest BCUT2D eigenvalue weighted by Gasteiger charge is -2.18. The van der Waals surface area contributed by atoms with Gasteiger partial charge in [0.2, 0.25) is 5.91 Å². The lowest BCUT2D eigenvalue weighted by atomic mass is 10.1. The van der Waals surface area contributed by atoms with Crippen LogP contribution in [0.5, 0.6) is 0 Å². The summed E-state index contributed by atoms with van der Waals surface area (Å²) in [6.45, 7) is 5.77. The summed E-state index contributed by atoms with van der Waals surface area (Å²) in [5.74, 6) is -0.434. The van der Waals surface area contributed by atoms with Crippen molar-refractivity contribution in [2.75, 3.05) is 5.32 Å². The van der Waals surface area contributed by atoms with Crippen LogP contribution in [-0.2, 0) is 14.6 Å². The maximum Gasteiger partial charge on any atom is 0.246 e. The van der Waals surface area contributed by atoms with Crippen molar-refractivity contribution in [1.82, 2.24) is 0 Å². The van der Waals surface area contributed by atoms with Gasteiger partial charge >= 0.3 is 0 Å². The van der Waals surface area contributed by atoms with E-state index >= 15 is 0 Å². The Morgan fingerprint density at radius 2 is 1.62 bits per heavy atom. The molecule has 0 spiro atoms. The minimum atomic E-state index is -3.70. The molecular weight excluding hydrogens is 322 g/mol. The van der Waals surface area contributed by atoms with E-state index in [1.54, 1.807) is 30.3 Å². The summed E-state index contributed by atoms with van der Waals surface area (Å²) in [6.07, 6.45) is 0.722. The molecule has 0 radical (unpaired) electrons. The highest BCUT2D eigenvalue weighted by molar-refractivity contribution is 7.94. The second kappa shape index (κ2) is 5.74. The molecule has 1 amide bonds. The topological polar surface area (TPSA) is 63.2 Å². The Bertz CT molecular complexity index is 895.